The molecule has 0 fully saturated rings. The molecular weight excluding hydrogens is 172 g/mol. The quantitative estimate of drug-likeness (QED) is 0.674. The van der Waals surface area contributed by atoms with Gasteiger partial charge in [-0.2, -0.15) is 0 Å². The van der Waals surface area contributed by atoms with E-state index in [9.17, 15) is 9.59 Å². The van der Waals surface area contributed by atoms with Gasteiger partial charge >= 0.3 is 11.9 Å². The molecule has 0 radical (unpaired) electrons. The van der Waals surface area contributed by atoms with Gasteiger partial charge in [0, 0.05) is 5.57 Å². The molecule has 1 rings (SSSR count). The smallest absolute Gasteiger partial charge is 0.331 e. The minimum atomic E-state index is -0.992. The van der Waals surface area contributed by atoms with Gasteiger partial charge in [0.25, 0.3) is 0 Å². The second-order valence-electron chi connectivity index (χ2n) is 3.46. The molecule has 0 aromatic heterocycles. The summed E-state index contributed by atoms with van der Waals surface area (Å²) in [6.45, 7) is 3.35. The van der Waals surface area contributed by atoms with Crippen LogP contribution in [0, 0.1) is 11.8 Å². The van der Waals surface area contributed by atoms with E-state index >= 15 is 0 Å². The summed E-state index contributed by atoms with van der Waals surface area (Å²) in [5, 5.41) is 17.6. The third-order valence-corrected chi connectivity index (χ3v) is 2.56. The van der Waals surface area contributed by atoms with Crippen LogP contribution in [-0.4, -0.2) is 22.2 Å². The lowest BCUT2D eigenvalue weighted by Gasteiger charge is -2.10. The number of carbonyl (C=O) groups is 2. The van der Waals surface area contributed by atoms with Crippen LogP contribution in [0.2, 0.25) is 0 Å². The fraction of sp³-hybridized carbons (Fsp3) is 0.556. The zero-order valence-corrected chi connectivity index (χ0v) is 7.57. The lowest BCUT2D eigenvalue weighted by atomic mass is 9.94. The molecule has 72 valence electrons. The molecule has 0 saturated carbocycles. The maximum Gasteiger partial charge on any atom is 0.331 e. The van der Waals surface area contributed by atoms with Gasteiger partial charge in [-0.05, 0) is 24.8 Å². The van der Waals surface area contributed by atoms with Gasteiger partial charge in [0.2, 0.25) is 0 Å². The summed E-state index contributed by atoms with van der Waals surface area (Å²) in [6, 6.07) is 0. The van der Waals surface area contributed by atoms with E-state index in [4.69, 9.17) is 10.2 Å². The number of rotatable bonds is 2. The van der Waals surface area contributed by atoms with Crippen LogP contribution in [0.3, 0.4) is 0 Å². The second kappa shape index (κ2) is 3.20. The summed E-state index contributed by atoms with van der Waals surface area (Å²) in [5.74, 6) is -2.65. The highest BCUT2D eigenvalue weighted by Gasteiger charge is 2.36. The maximum atomic E-state index is 10.8. The van der Waals surface area contributed by atoms with Gasteiger partial charge in [-0.15, -0.1) is 0 Å². The highest BCUT2D eigenvalue weighted by molar-refractivity contribution is 5.91. The SMILES string of the molecule is CC1=C(C(=O)O)CC(C)C1C(=O)O. The first kappa shape index (κ1) is 9.77. The van der Waals surface area contributed by atoms with Crippen molar-refractivity contribution >= 4 is 11.9 Å². The van der Waals surface area contributed by atoms with E-state index in [1.165, 1.54) is 0 Å². The van der Waals surface area contributed by atoms with Crippen LogP contribution in [0.25, 0.3) is 0 Å². The van der Waals surface area contributed by atoms with Crippen molar-refractivity contribution in [2.75, 3.05) is 0 Å². The third-order valence-electron chi connectivity index (χ3n) is 2.56. The van der Waals surface area contributed by atoms with Crippen molar-refractivity contribution in [1.29, 1.82) is 0 Å². The van der Waals surface area contributed by atoms with Gasteiger partial charge in [-0.3, -0.25) is 4.79 Å². The molecule has 0 aromatic rings. The van der Waals surface area contributed by atoms with Crippen molar-refractivity contribution in [2.45, 2.75) is 20.3 Å². The Balaban J connectivity index is 3.01. The van der Waals surface area contributed by atoms with E-state index in [-0.39, 0.29) is 11.5 Å². The predicted octanol–water partition coefficient (Wildman–Crippen LogP) is 1.13. The monoisotopic (exact) mass is 184 g/mol. The predicted molar refractivity (Wildman–Crippen MR) is 45.2 cm³/mol. The molecule has 1 aliphatic rings. The van der Waals surface area contributed by atoms with Crippen LogP contribution in [0.1, 0.15) is 20.3 Å². The minimum Gasteiger partial charge on any atom is -0.481 e. The van der Waals surface area contributed by atoms with Crippen LogP contribution < -0.4 is 0 Å². The molecule has 0 amide bonds. The van der Waals surface area contributed by atoms with E-state index < -0.39 is 17.9 Å². The molecule has 1 aliphatic carbocycles. The highest BCUT2D eigenvalue weighted by atomic mass is 16.4. The van der Waals surface area contributed by atoms with Crippen LogP contribution in [0.5, 0.6) is 0 Å². The topological polar surface area (TPSA) is 74.6 Å². The number of hydrogen-bond acceptors (Lipinski definition) is 2. The van der Waals surface area contributed by atoms with Crippen molar-refractivity contribution in [2.24, 2.45) is 11.8 Å². The molecule has 0 spiro atoms. The Hall–Kier alpha value is -1.32. The average molecular weight is 184 g/mol. The first-order valence-electron chi connectivity index (χ1n) is 4.11. The molecule has 4 nitrogen and oxygen atoms in total. The maximum absolute atomic E-state index is 10.8. The summed E-state index contributed by atoms with van der Waals surface area (Å²) in [5.41, 5.74) is 0.757. The molecule has 0 aliphatic heterocycles. The number of carboxylic acids is 2. The Morgan fingerprint density at radius 2 is 1.92 bits per heavy atom. The minimum absolute atomic E-state index is 0.108. The van der Waals surface area contributed by atoms with Gasteiger partial charge in [-0.25, -0.2) is 4.79 Å². The van der Waals surface area contributed by atoms with Crippen LogP contribution in [0.4, 0.5) is 0 Å². The average Bonchev–Trinajstić information content (AvgIpc) is 2.26. The van der Waals surface area contributed by atoms with E-state index in [1.807, 2.05) is 0 Å². The normalized spacial score (nSPS) is 27.8. The number of aliphatic carboxylic acids is 2. The summed E-state index contributed by atoms with van der Waals surface area (Å²) in [7, 11) is 0. The van der Waals surface area contributed by atoms with Crippen molar-refractivity contribution in [3.63, 3.8) is 0 Å². The summed E-state index contributed by atoms with van der Waals surface area (Å²) < 4.78 is 0. The van der Waals surface area contributed by atoms with Crippen LogP contribution in [0.15, 0.2) is 11.1 Å². The zero-order chi connectivity index (χ0) is 10.2. The Morgan fingerprint density at radius 3 is 2.15 bits per heavy atom. The molecular formula is C9H12O4. The summed E-state index contributed by atoms with van der Waals surface area (Å²) >= 11 is 0. The van der Waals surface area contributed by atoms with Crippen LogP contribution >= 0.6 is 0 Å². The Labute approximate surface area is 75.9 Å². The van der Waals surface area contributed by atoms with E-state index in [1.54, 1.807) is 13.8 Å². The Kier molecular flexibility index (Phi) is 2.40. The number of carboxylic acid groups (broad SMARTS) is 2. The Morgan fingerprint density at radius 1 is 1.38 bits per heavy atom. The molecule has 2 atom stereocenters. The van der Waals surface area contributed by atoms with Gasteiger partial charge in [-0.1, -0.05) is 6.92 Å². The molecule has 0 aromatic carbocycles. The van der Waals surface area contributed by atoms with Gasteiger partial charge in [0.05, 0.1) is 5.92 Å². The van der Waals surface area contributed by atoms with Crippen molar-refractivity contribution in [3.8, 4) is 0 Å². The van der Waals surface area contributed by atoms with E-state index in [0.717, 1.165) is 0 Å². The first-order chi connectivity index (χ1) is 5.95. The second-order valence-corrected chi connectivity index (χ2v) is 3.46. The van der Waals surface area contributed by atoms with Crippen molar-refractivity contribution in [1.82, 2.24) is 0 Å². The summed E-state index contributed by atoms with van der Waals surface area (Å²) in [4.78, 5) is 21.4. The third kappa shape index (κ3) is 1.56. The summed E-state index contributed by atoms with van der Waals surface area (Å²) in [6.07, 6.45) is 0.359. The van der Waals surface area contributed by atoms with Crippen molar-refractivity contribution in [3.05, 3.63) is 11.1 Å². The molecule has 13 heavy (non-hydrogen) atoms. The number of hydrogen-bond donors (Lipinski definition) is 2. The molecule has 2 unspecified atom stereocenters. The molecule has 0 bridgehead atoms. The van der Waals surface area contributed by atoms with Crippen LogP contribution in [-0.2, 0) is 9.59 Å². The zero-order valence-electron chi connectivity index (χ0n) is 7.57. The fourth-order valence-corrected chi connectivity index (χ4v) is 1.90. The highest BCUT2D eigenvalue weighted by Crippen LogP contribution is 2.36. The van der Waals surface area contributed by atoms with Gasteiger partial charge < -0.3 is 10.2 Å². The molecule has 4 heteroatoms. The lowest BCUT2D eigenvalue weighted by molar-refractivity contribution is -0.141. The largest absolute Gasteiger partial charge is 0.481 e. The molecule has 0 saturated heterocycles. The van der Waals surface area contributed by atoms with E-state index in [2.05, 4.69) is 0 Å². The standard InChI is InChI=1S/C9H12O4/c1-4-3-6(8(10)11)5(2)7(4)9(12)13/h4,7H,3H2,1-2H3,(H,10,11)(H,12,13). The van der Waals surface area contributed by atoms with Crippen molar-refractivity contribution < 1.29 is 19.8 Å². The van der Waals surface area contributed by atoms with Gasteiger partial charge in [0.1, 0.15) is 0 Å². The lowest BCUT2D eigenvalue weighted by Crippen LogP contribution is -2.18. The van der Waals surface area contributed by atoms with Gasteiger partial charge in [0.15, 0.2) is 0 Å². The fourth-order valence-electron chi connectivity index (χ4n) is 1.90. The first-order valence-corrected chi connectivity index (χ1v) is 4.11. The molecule has 2 N–H and O–H groups in total. The molecule has 0 heterocycles. The Bertz CT molecular complexity index is 290. The van der Waals surface area contributed by atoms with E-state index in [0.29, 0.717) is 12.0 Å².